The van der Waals surface area contributed by atoms with E-state index < -0.39 is 5.79 Å². The SMILES string of the molecule is CCCN=C1NC(N)(CCC)Nc2c(NCCC)nc(NCCC)nc21.Cl. The molecular formula is C18H35ClN8. The second-order valence-electron chi connectivity index (χ2n) is 6.67. The lowest BCUT2D eigenvalue weighted by Gasteiger charge is -2.39. The van der Waals surface area contributed by atoms with Crippen LogP contribution in [0.5, 0.6) is 0 Å². The molecule has 1 aliphatic heterocycles. The predicted molar refractivity (Wildman–Crippen MR) is 117 cm³/mol. The number of fused-ring (bicyclic) bond motifs is 1. The Morgan fingerprint density at radius 3 is 2.30 bits per heavy atom. The molecule has 27 heavy (non-hydrogen) atoms. The van der Waals surface area contributed by atoms with Crippen molar-refractivity contribution in [1.29, 1.82) is 0 Å². The number of aliphatic imine (C=N–C) groups is 1. The number of nitrogens with one attached hydrogen (secondary N) is 4. The van der Waals surface area contributed by atoms with E-state index in [0.717, 1.165) is 74.8 Å². The molecule has 8 nitrogen and oxygen atoms in total. The Labute approximate surface area is 169 Å². The summed E-state index contributed by atoms with van der Waals surface area (Å²) in [6.07, 6.45) is 4.69. The van der Waals surface area contributed by atoms with Crippen molar-refractivity contribution >= 4 is 35.7 Å². The fourth-order valence-corrected chi connectivity index (χ4v) is 2.82. The molecule has 2 heterocycles. The van der Waals surface area contributed by atoms with Crippen molar-refractivity contribution in [2.24, 2.45) is 10.7 Å². The highest BCUT2D eigenvalue weighted by Gasteiger charge is 2.35. The first-order valence-corrected chi connectivity index (χ1v) is 9.86. The Hall–Kier alpha value is -1.80. The van der Waals surface area contributed by atoms with Gasteiger partial charge in [0.25, 0.3) is 0 Å². The first-order chi connectivity index (χ1) is 12.6. The largest absolute Gasteiger partial charge is 0.368 e. The number of amidine groups is 1. The zero-order chi connectivity index (χ0) is 19.0. The normalized spacial score (nSPS) is 19.5. The van der Waals surface area contributed by atoms with Crippen LogP contribution in [-0.4, -0.2) is 41.2 Å². The first-order valence-electron chi connectivity index (χ1n) is 9.86. The molecule has 0 saturated heterocycles. The van der Waals surface area contributed by atoms with E-state index in [4.69, 9.17) is 15.7 Å². The Bertz CT molecular complexity index is 622. The molecule has 6 N–H and O–H groups in total. The summed E-state index contributed by atoms with van der Waals surface area (Å²) in [5.41, 5.74) is 8.15. The van der Waals surface area contributed by atoms with Crippen molar-refractivity contribution in [1.82, 2.24) is 15.3 Å². The quantitative estimate of drug-likeness (QED) is 0.411. The summed E-state index contributed by atoms with van der Waals surface area (Å²) in [4.78, 5) is 14.1. The second kappa shape index (κ2) is 11.1. The van der Waals surface area contributed by atoms with Crippen LogP contribution in [0.4, 0.5) is 17.5 Å². The lowest BCUT2D eigenvalue weighted by Crippen LogP contribution is -2.64. The lowest BCUT2D eigenvalue weighted by molar-refractivity contribution is 0.405. The van der Waals surface area contributed by atoms with E-state index in [1.165, 1.54) is 0 Å². The molecule has 1 atom stereocenters. The van der Waals surface area contributed by atoms with Crippen LogP contribution in [0.2, 0.25) is 0 Å². The van der Waals surface area contributed by atoms with Crippen molar-refractivity contribution in [2.75, 3.05) is 35.6 Å². The third-order valence-electron chi connectivity index (χ3n) is 4.04. The molecule has 0 radical (unpaired) electrons. The van der Waals surface area contributed by atoms with Crippen LogP contribution in [0.3, 0.4) is 0 Å². The summed E-state index contributed by atoms with van der Waals surface area (Å²) in [7, 11) is 0. The van der Waals surface area contributed by atoms with Gasteiger partial charge in [-0.3, -0.25) is 10.7 Å². The van der Waals surface area contributed by atoms with E-state index in [9.17, 15) is 0 Å². The molecule has 0 amide bonds. The van der Waals surface area contributed by atoms with Gasteiger partial charge in [0, 0.05) is 26.1 Å². The van der Waals surface area contributed by atoms with E-state index in [1.807, 2.05) is 0 Å². The molecule has 0 aliphatic carbocycles. The zero-order valence-corrected chi connectivity index (χ0v) is 17.8. The predicted octanol–water partition coefficient (Wildman–Crippen LogP) is 3.13. The molecule has 1 aromatic heterocycles. The maximum absolute atomic E-state index is 6.56. The summed E-state index contributed by atoms with van der Waals surface area (Å²) >= 11 is 0. The lowest BCUT2D eigenvalue weighted by atomic mass is 10.1. The Kier molecular flexibility index (Phi) is 9.59. The van der Waals surface area contributed by atoms with Gasteiger partial charge in [0.05, 0.1) is 0 Å². The van der Waals surface area contributed by atoms with E-state index in [-0.39, 0.29) is 12.4 Å². The number of nitrogens with two attached hydrogens (primary N) is 1. The Balaban J connectivity index is 0.00000364. The highest BCUT2D eigenvalue weighted by atomic mass is 35.5. The van der Waals surface area contributed by atoms with E-state index >= 15 is 0 Å². The molecular weight excluding hydrogens is 364 g/mol. The van der Waals surface area contributed by atoms with E-state index in [1.54, 1.807) is 0 Å². The van der Waals surface area contributed by atoms with Crippen LogP contribution in [0.25, 0.3) is 0 Å². The summed E-state index contributed by atoms with van der Waals surface area (Å²) in [6.45, 7) is 10.8. The van der Waals surface area contributed by atoms with Crippen LogP contribution < -0.4 is 27.0 Å². The van der Waals surface area contributed by atoms with E-state index in [2.05, 4.69) is 53.9 Å². The van der Waals surface area contributed by atoms with Crippen LogP contribution >= 0.6 is 12.4 Å². The molecule has 0 saturated carbocycles. The highest BCUT2D eigenvalue weighted by Crippen LogP contribution is 2.31. The molecule has 0 aromatic carbocycles. The Morgan fingerprint density at radius 1 is 0.963 bits per heavy atom. The smallest absolute Gasteiger partial charge is 0.225 e. The maximum Gasteiger partial charge on any atom is 0.225 e. The number of halogens is 1. The van der Waals surface area contributed by atoms with Gasteiger partial charge in [-0.25, -0.2) is 4.98 Å². The summed E-state index contributed by atoms with van der Waals surface area (Å²) in [5, 5.41) is 13.5. The summed E-state index contributed by atoms with van der Waals surface area (Å²) in [6, 6.07) is 0. The minimum atomic E-state index is -0.751. The van der Waals surface area contributed by atoms with Gasteiger partial charge in [0.2, 0.25) is 5.95 Å². The molecule has 9 heteroatoms. The average Bonchev–Trinajstić information content (AvgIpc) is 2.62. The van der Waals surface area contributed by atoms with Crippen molar-refractivity contribution < 1.29 is 0 Å². The molecule has 1 aromatic rings. The average molecular weight is 399 g/mol. The molecule has 0 bridgehead atoms. The highest BCUT2D eigenvalue weighted by molar-refractivity contribution is 6.06. The number of hydrogen-bond acceptors (Lipinski definition) is 7. The van der Waals surface area contributed by atoms with Crippen LogP contribution in [0.1, 0.15) is 65.5 Å². The molecule has 0 spiro atoms. The number of nitrogens with zero attached hydrogens (tertiary/aromatic N) is 3. The molecule has 1 unspecified atom stereocenters. The van der Waals surface area contributed by atoms with Gasteiger partial charge >= 0.3 is 0 Å². The molecule has 154 valence electrons. The molecule has 1 aliphatic rings. The van der Waals surface area contributed by atoms with Gasteiger partial charge in [-0.2, -0.15) is 4.98 Å². The van der Waals surface area contributed by atoms with Gasteiger partial charge in [-0.05, 0) is 19.3 Å². The van der Waals surface area contributed by atoms with Crippen molar-refractivity contribution in [3.8, 4) is 0 Å². The van der Waals surface area contributed by atoms with Crippen molar-refractivity contribution in [3.63, 3.8) is 0 Å². The number of aromatic nitrogens is 2. The third-order valence-corrected chi connectivity index (χ3v) is 4.04. The van der Waals surface area contributed by atoms with Gasteiger partial charge in [-0.15, -0.1) is 12.4 Å². The van der Waals surface area contributed by atoms with Gasteiger partial charge in [-0.1, -0.05) is 34.1 Å². The number of anilines is 3. The molecule has 0 fully saturated rings. The standard InChI is InChI=1S/C18H34N8.ClH/c1-5-9-18(19)25-14-13(16(26-18)21-11-7-3)23-17(22-12-8-4)24-15(14)20-10-6-2;/h25H,5-12,19H2,1-4H3,(H,21,26)(H2,20,22,23,24);1H. The summed E-state index contributed by atoms with van der Waals surface area (Å²) < 4.78 is 0. The summed E-state index contributed by atoms with van der Waals surface area (Å²) in [5.74, 6) is 1.36. The second-order valence-corrected chi connectivity index (χ2v) is 6.67. The van der Waals surface area contributed by atoms with Gasteiger partial charge < -0.3 is 21.3 Å². The number of hydrogen-bond donors (Lipinski definition) is 5. The van der Waals surface area contributed by atoms with Crippen molar-refractivity contribution in [2.45, 2.75) is 65.6 Å². The van der Waals surface area contributed by atoms with Crippen LogP contribution in [-0.2, 0) is 0 Å². The van der Waals surface area contributed by atoms with Crippen LogP contribution in [0, 0.1) is 0 Å². The monoisotopic (exact) mass is 398 g/mol. The Morgan fingerprint density at radius 2 is 1.67 bits per heavy atom. The maximum atomic E-state index is 6.56. The van der Waals surface area contributed by atoms with Gasteiger partial charge in [0.15, 0.2) is 17.4 Å². The van der Waals surface area contributed by atoms with E-state index in [0.29, 0.717) is 5.95 Å². The first kappa shape index (κ1) is 23.2. The molecule has 2 rings (SSSR count). The van der Waals surface area contributed by atoms with Gasteiger partial charge in [0.1, 0.15) is 11.4 Å². The van der Waals surface area contributed by atoms with Crippen LogP contribution in [0.15, 0.2) is 4.99 Å². The third kappa shape index (κ3) is 6.10. The zero-order valence-electron chi connectivity index (χ0n) is 17.0. The fraction of sp³-hybridized carbons (Fsp3) is 0.722. The van der Waals surface area contributed by atoms with Crippen molar-refractivity contribution in [3.05, 3.63) is 5.69 Å². The fourth-order valence-electron chi connectivity index (χ4n) is 2.82. The number of rotatable bonds is 10. The minimum Gasteiger partial charge on any atom is -0.368 e. The minimum absolute atomic E-state index is 0. The topological polar surface area (TPSA) is 112 Å².